The van der Waals surface area contributed by atoms with Gasteiger partial charge in [-0.3, -0.25) is 14.3 Å². The predicted molar refractivity (Wildman–Crippen MR) is 115 cm³/mol. The Hall–Kier alpha value is -2.37. The van der Waals surface area contributed by atoms with Crippen molar-refractivity contribution in [2.45, 2.75) is 44.5 Å². The molecule has 1 aromatic carbocycles. The summed E-state index contributed by atoms with van der Waals surface area (Å²) in [5.41, 5.74) is 5.94. The highest BCUT2D eigenvalue weighted by molar-refractivity contribution is 7.93. The number of carbonyl (C=O) groups excluding carboxylic acids is 2. The fourth-order valence-corrected chi connectivity index (χ4v) is 5.01. The van der Waals surface area contributed by atoms with E-state index in [1.165, 1.54) is 0 Å². The summed E-state index contributed by atoms with van der Waals surface area (Å²) in [6, 6.07) is 5.98. The predicted octanol–water partition coefficient (Wildman–Crippen LogP) is 0.821. The third-order valence-electron chi connectivity index (χ3n) is 5.39. The first-order valence-corrected chi connectivity index (χ1v) is 12.1. The van der Waals surface area contributed by atoms with E-state index < -0.39 is 21.4 Å². The molecule has 172 valence electrons. The molecule has 2 heterocycles. The van der Waals surface area contributed by atoms with Gasteiger partial charge >= 0.3 is 5.97 Å². The Labute approximate surface area is 182 Å². The van der Waals surface area contributed by atoms with Gasteiger partial charge in [0, 0.05) is 25.2 Å². The first-order valence-electron chi connectivity index (χ1n) is 10.5. The van der Waals surface area contributed by atoms with E-state index in [0.717, 1.165) is 0 Å². The molecule has 0 spiro atoms. The first kappa shape index (κ1) is 23.3. The van der Waals surface area contributed by atoms with Gasteiger partial charge in [0.25, 0.3) is 0 Å². The number of nitrogens with zero attached hydrogens (tertiary/aromatic N) is 1. The highest BCUT2D eigenvalue weighted by Crippen LogP contribution is 2.23. The topological polar surface area (TPSA) is 126 Å². The van der Waals surface area contributed by atoms with Crippen LogP contribution >= 0.6 is 0 Å². The summed E-state index contributed by atoms with van der Waals surface area (Å²) in [7, 11) is -3.76. The molecular weight excluding hydrogens is 424 g/mol. The van der Waals surface area contributed by atoms with Crippen LogP contribution in [0.5, 0.6) is 5.75 Å². The molecule has 0 aromatic heterocycles. The van der Waals surface area contributed by atoms with Crippen LogP contribution in [0.15, 0.2) is 24.3 Å². The summed E-state index contributed by atoms with van der Waals surface area (Å²) in [5, 5.41) is -0.954. The number of hydrazine groups is 1. The zero-order valence-electron chi connectivity index (χ0n) is 17.8. The van der Waals surface area contributed by atoms with Crippen molar-refractivity contribution < 1.29 is 27.5 Å². The van der Waals surface area contributed by atoms with E-state index in [1.54, 1.807) is 36.1 Å². The van der Waals surface area contributed by atoms with Crippen LogP contribution in [0.2, 0.25) is 0 Å². The average Bonchev–Trinajstić information content (AvgIpc) is 3.26. The highest BCUT2D eigenvalue weighted by Gasteiger charge is 2.40. The van der Waals surface area contributed by atoms with Gasteiger partial charge in [-0.05, 0) is 51.0 Å². The van der Waals surface area contributed by atoms with E-state index >= 15 is 0 Å². The smallest absolute Gasteiger partial charge is 0.309 e. The minimum Gasteiger partial charge on any atom is -0.494 e. The molecule has 2 fully saturated rings. The van der Waals surface area contributed by atoms with Crippen molar-refractivity contribution in [3.63, 3.8) is 0 Å². The second kappa shape index (κ2) is 10.3. The van der Waals surface area contributed by atoms with Crippen molar-refractivity contribution in [2.75, 3.05) is 31.0 Å². The van der Waals surface area contributed by atoms with Gasteiger partial charge in [-0.25, -0.2) is 19.3 Å². The highest BCUT2D eigenvalue weighted by atomic mass is 32.2. The Morgan fingerprint density at radius 3 is 2.39 bits per heavy atom. The monoisotopic (exact) mass is 454 g/mol. The maximum atomic E-state index is 12.8. The van der Waals surface area contributed by atoms with Crippen molar-refractivity contribution in [3.05, 3.63) is 24.3 Å². The van der Waals surface area contributed by atoms with E-state index in [9.17, 15) is 18.0 Å². The fraction of sp³-hybridized carbons (Fsp3) is 0.600. The molecule has 1 amide bonds. The van der Waals surface area contributed by atoms with Crippen molar-refractivity contribution in [1.82, 2.24) is 15.8 Å². The van der Waals surface area contributed by atoms with Crippen LogP contribution < -0.4 is 20.3 Å². The third kappa shape index (κ3) is 5.86. The second-order valence-electron chi connectivity index (χ2n) is 7.52. The zero-order valence-corrected chi connectivity index (χ0v) is 18.6. The molecule has 1 aromatic rings. The Morgan fingerprint density at radius 2 is 1.77 bits per heavy atom. The van der Waals surface area contributed by atoms with Gasteiger partial charge in [0.1, 0.15) is 17.2 Å². The molecule has 0 bridgehead atoms. The van der Waals surface area contributed by atoms with Gasteiger partial charge in [-0.15, -0.1) is 0 Å². The molecule has 2 atom stereocenters. The summed E-state index contributed by atoms with van der Waals surface area (Å²) in [6.07, 6.45) is 1.19. The molecule has 0 radical (unpaired) electrons. The molecule has 10 nitrogen and oxygen atoms in total. The summed E-state index contributed by atoms with van der Waals surface area (Å²) in [5.74, 6) is 0.0731. The number of sulfonamides is 1. The molecule has 3 rings (SSSR count). The molecule has 2 unspecified atom stereocenters. The van der Waals surface area contributed by atoms with Crippen LogP contribution in [0, 0.1) is 5.92 Å². The number of anilines is 1. The maximum absolute atomic E-state index is 12.8. The molecule has 0 saturated carbocycles. The van der Waals surface area contributed by atoms with Crippen molar-refractivity contribution in [2.24, 2.45) is 5.92 Å². The van der Waals surface area contributed by atoms with Gasteiger partial charge in [0.2, 0.25) is 15.9 Å². The lowest BCUT2D eigenvalue weighted by molar-refractivity contribution is -0.151. The van der Waals surface area contributed by atoms with Gasteiger partial charge in [-0.2, -0.15) is 0 Å². The Kier molecular flexibility index (Phi) is 7.74. The Balaban J connectivity index is 1.52. The normalized spacial score (nSPS) is 22.2. The largest absolute Gasteiger partial charge is 0.494 e. The zero-order chi connectivity index (χ0) is 22.4. The van der Waals surface area contributed by atoms with Crippen LogP contribution in [0.3, 0.4) is 0 Å². The minimum absolute atomic E-state index is 0.100. The molecule has 2 aliphatic heterocycles. The number of carbonyl (C=O) groups is 2. The summed E-state index contributed by atoms with van der Waals surface area (Å²) < 4.78 is 38.4. The number of amides is 1. The van der Waals surface area contributed by atoms with Crippen LogP contribution in [-0.2, 0) is 24.3 Å². The average molecular weight is 455 g/mol. The van der Waals surface area contributed by atoms with E-state index in [0.29, 0.717) is 50.6 Å². The lowest BCUT2D eigenvalue weighted by Crippen LogP contribution is -2.49. The van der Waals surface area contributed by atoms with Crippen LogP contribution in [0.4, 0.5) is 5.69 Å². The van der Waals surface area contributed by atoms with E-state index in [-0.39, 0.29) is 24.2 Å². The molecule has 2 aliphatic rings. The van der Waals surface area contributed by atoms with Gasteiger partial charge in [-0.1, -0.05) is 0 Å². The lowest BCUT2D eigenvalue weighted by atomic mass is 9.96. The molecule has 2 saturated heterocycles. The van der Waals surface area contributed by atoms with E-state index in [4.69, 9.17) is 9.47 Å². The van der Waals surface area contributed by atoms with Gasteiger partial charge < -0.3 is 14.4 Å². The van der Waals surface area contributed by atoms with Gasteiger partial charge in [0.05, 0.1) is 19.1 Å². The first-order chi connectivity index (χ1) is 14.8. The number of nitrogens with one attached hydrogen (secondary N) is 3. The van der Waals surface area contributed by atoms with Gasteiger partial charge in [0.15, 0.2) is 0 Å². The lowest BCUT2D eigenvalue weighted by Gasteiger charge is -2.32. The maximum Gasteiger partial charge on any atom is 0.309 e. The summed E-state index contributed by atoms with van der Waals surface area (Å²) in [6.45, 7) is 5.40. The van der Waals surface area contributed by atoms with E-state index in [2.05, 4.69) is 15.6 Å². The fourth-order valence-electron chi connectivity index (χ4n) is 3.73. The van der Waals surface area contributed by atoms with Crippen LogP contribution in [0.25, 0.3) is 0 Å². The van der Waals surface area contributed by atoms with Crippen LogP contribution in [0.1, 0.15) is 33.1 Å². The number of piperidine rings is 1. The minimum atomic E-state index is -3.76. The Bertz CT molecular complexity index is 868. The number of ether oxygens (including phenoxy) is 2. The molecule has 31 heavy (non-hydrogen) atoms. The summed E-state index contributed by atoms with van der Waals surface area (Å²) in [4.78, 5) is 26.3. The summed E-state index contributed by atoms with van der Waals surface area (Å²) >= 11 is 0. The van der Waals surface area contributed by atoms with Crippen molar-refractivity contribution in [3.8, 4) is 5.75 Å². The van der Waals surface area contributed by atoms with Crippen LogP contribution in [-0.4, -0.2) is 62.9 Å². The number of likely N-dealkylation sites (tertiary alicyclic amines) is 1. The van der Waals surface area contributed by atoms with E-state index in [1.807, 2.05) is 6.92 Å². The van der Waals surface area contributed by atoms with Crippen molar-refractivity contribution >= 4 is 27.6 Å². The number of rotatable bonds is 8. The number of hydrogen-bond donors (Lipinski definition) is 3. The Morgan fingerprint density at radius 1 is 1.10 bits per heavy atom. The number of esters is 1. The number of benzene rings is 1. The third-order valence-corrected chi connectivity index (χ3v) is 6.97. The van der Waals surface area contributed by atoms with Crippen molar-refractivity contribution in [1.29, 1.82) is 0 Å². The molecular formula is C20H30N4O6S. The molecule has 0 aliphatic carbocycles. The second-order valence-corrected chi connectivity index (χ2v) is 9.38. The quantitative estimate of drug-likeness (QED) is 0.493. The molecule has 3 N–H and O–H groups in total. The standard InChI is InChI=1S/C20H30N4O6S/c1-3-29-16-7-5-15(6-8-16)23-31(27,28)18-13-17(21-22-18)19(25)24-11-9-14(10-12-24)20(26)30-4-2/h5-8,14,17-18,21-23H,3-4,9-13H2,1-2H3. The SMILES string of the molecule is CCOC(=O)C1CCN(C(=O)C2CC(S(=O)(=O)Nc3ccc(OCC)cc3)NN2)CC1. The number of hydrogen-bond acceptors (Lipinski definition) is 8. The molecule has 11 heteroatoms.